The summed E-state index contributed by atoms with van der Waals surface area (Å²) in [6.07, 6.45) is 0. The van der Waals surface area contributed by atoms with Gasteiger partial charge in [-0.3, -0.25) is 0 Å². The molecule has 25 heavy (non-hydrogen) atoms. The maximum absolute atomic E-state index is 13.5. The van der Waals surface area contributed by atoms with Gasteiger partial charge in [0, 0.05) is 38.4 Å². The van der Waals surface area contributed by atoms with Crippen LogP contribution >= 0.6 is 0 Å². The van der Waals surface area contributed by atoms with Crippen LogP contribution in [0.3, 0.4) is 0 Å². The average Bonchev–Trinajstić information content (AvgIpc) is 2.63. The van der Waals surface area contributed by atoms with Crippen LogP contribution in [0.15, 0.2) is 42.5 Å². The fourth-order valence-electron chi connectivity index (χ4n) is 2.86. The summed E-state index contributed by atoms with van der Waals surface area (Å²) < 4.78 is 26.5. The van der Waals surface area contributed by atoms with Crippen molar-refractivity contribution in [1.29, 1.82) is 0 Å². The summed E-state index contributed by atoms with van der Waals surface area (Å²) >= 11 is 0. The lowest BCUT2D eigenvalue weighted by atomic mass is 10.1. The van der Waals surface area contributed by atoms with Gasteiger partial charge in [-0.1, -0.05) is 12.1 Å². The molecule has 3 rings (SSSR count). The van der Waals surface area contributed by atoms with Crippen molar-refractivity contribution in [3.05, 3.63) is 65.2 Å². The average molecular weight is 345 g/mol. The van der Waals surface area contributed by atoms with Crippen molar-refractivity contribution in [2.75, 3.05) is 31.1 Å². The Morgan fingerprint density at radius 3 is 2.36 bits per heavy atom. The van der Waals surface area contributed by atoms with Gasteiger partial charge in [0.2, 0.25) is 0 Å². The van der Waals surface area contributed by atoms with Crippen molar-refractivity contribution < 1.29 is 13.6 Å². The van der Waals surface area contributed by atoms with Crippen molar-refractivity contribution in [2.45, 2.75) is 13.5 Å². The Morgan fingerprint density at radius 1 is 1.04 bits per heavy atom. The maximum Gasteiger partial charge on any atom is 0.317 e. The number of hydrogen-bond acceptors (Lipinski definition) is 2. The number of carbonyl (C=O) groups excluding carboxylic acids is 1. The number of anilines is 1. The van der Waals surface area contributed by atoms with Crippen LogP contribution in [-0.4, -0.2) is 37.1 Å². The predicted octanol–water partition coefficient (Wildman–Crippen LogP) is 3.31. The minimum absolute atomic E-state index is 0.153. The van der Waals surface area contributed by atoms with Crippen molar-refractivity contribution >= 4 is 11.7 Å². The van der Waals surface area contributed by atoms with Gasteiger partial charge in [-0.05, 0) is 48.4 Å². The van der Waals surface area contributed by atoms with Gasteiger partial charge in [0.25, 0.3) is 0 Å². The lowest BCUT2D eigenvalue weighted by Crippen LogP contribution is -2.51. The quantitative estimate of drug-likeness (QED) is 0.926. The van der Waals surface area contributed by atoms with Crippen molar-refractivity contribution in [3.63, 3.8) is 0 Å². The molecule has 6 heteroatoms. The molecule has 2 aromatic rings. The highest BCUT2D eigenvalue weighted by molar-refractivity contribution is 5.74. The topological polar surface area (TPSA) is 35.6 Å². The molecule has 0 unspecified atom stereocenters. The molecule has 1 heterocycles. The first kappa shape index (κ1) is 17.2. The van der Waals surface area contributed by atoms with E-state index in [1.807, 2.05) is 6.07 Å². The van der Waals surface area contributed by atoms with Gasteiger partial charge < -0.3 is 15.1 Å². The van der Waals surface area contributed by atoms with E-state index in [9.17, 15) is 13.6 Å². The summed E-state index contributed by atoms with van der Waals surface area (Å²) in [6.45, 7) is 4.57. The van der Waals surface area contributed by atoms with E-state index in [4.69, 9.17) is 0 Å². The molecule has 1 aliphatic heterocycles. The minimum Gasteiger partial charge on any atom is -0.368 e. The summed E-state index contributed by atoms with van der Waals surface area (Å²) in [6, 6.07) is 11.2. The summed E-state index contributed by atoms with van der Waals surface area (Å²) in [5, 5.41) is 2.83. The van der Waals surface area contributed by atoms with E-state index in [1.54, 1.807) is 30.0 Å². The van der Waals surface area contributed by atoms with E-state index in [-0.39, 0.29) is 17.7 Å². The molecule has 0 atom stereocenters. The predicted molar refractivity (Wildman–Crippen MR) is 93.6 cm³/mol. The Balaban J connectivity index is 1.49. The summed E-state index contributed by atoms with van der Waals surface area (Å²) in [7, 11) is 0. The molecule has 0 spiro atoms. The highest BCUT2D eigenvalue weighted by Crippen LogP contribution is 2.17. The standard InChI is InChI=1S/C19H21F2N3O/c1-14-2-3-15(12-18(14)21)13-22-19(25)24-10-8-23(9-11-24)17-6-4-16(20)5-7-17/h2-7,12H,8-11,13H2,1H3,(H,22,25). The zero-order valence-electron chi connectivity index (χ0n) is 14.1. The summed E-state index contributed by atoms with van der Waals surface area (Å²) in [5.41, 5.74) is 2.28. The van der Waals surface area contributed by atoms with Crippen molar-refractivity contribution in [2.24, 2.45) is 0 Å². The lowest BCUT2D eigenvalue weighted by molar-refractivity contribution is 0.194. The molecule has 0 radical (unpaired) electrons. The van der Waals surface area contributed by atoms with Crippen LogP contribution in [0.1, 0.15) is 11.1 Å². The van der Waals surface area contributed by atoms with E-state index in [1.165, 1.54) is 18.2 Å². The molecule has 4 nitrogen and oxygen atoms in total. The Kier molecular flexibility index (Phi) is 5.16. The molecule has 2 aromatic carbocycles. The van der Waals surface area contributed by atoms with E-state index >= 15 is 0 Å². The van der Waals surface area contributed by atoms with E-state index in [2.05, 4.69) is 10.2 Å². The molecule has 2 amide bonds. The maximum atomic E-state index is 13.5. The number of nitrogens with zero attached hydrogens (tertiary/aromatic N) is 2. The van der Waals surface area contributed by atoms with Crippen LogP contribution in [0.25, 0.3) is 0 Å². The van der Waals surface area contributed by atoms with Gasteiger partial charge in [0.1, 0.15) is 11.6 Å². The number of halogens is 2. The normalized spacial score (nSPS) is 14.5. The van der Waals surface area contributed by atoms with Gasteiger partial charge in [0.05, 0.1) is 0 Å². The smallest absolute Gasteiger partial charge is 0.317 e. The van der Waals surface area contributed by atoms with Crippen LogP contribution < -0.4 is 10.2 Å². The van der Waals surface area contributed by atoms with E-state index in [0.717, 1.165) is 11.3 Å². The highest BCUT2D eigenvalue weighted by atomic mass is 19.1. The molecular weight excluding hydrogens is 324 g/mol. The summed E-state index contributed by atoms with van der Waals surface area (Å²) in [5.74, 6) is -0.519. The summed E-state index contributed by atoms with van der Waals surface area (Å²) in [4.78, 5) is 16.1. The zero-order valence-corrected chi connectivity index (χ0v) is 14.1. The van der Waals surface area contributed by atoms with Crippen LogP contribution in [-0.2, 0) is 6.54 Å². The number of urea groups is 1. The fourth-order valence-corrected chi connectivity index (χ4v) is 2.86. The molecule has 0 saturated carbocycles. The SMILES string of the molecule is Cc1ccc(CNC(=O)N2CCN(c3ccc(F)cc3)CC2)cc1F. The molecule has 1 aliphatic rings. The Labute approximate surface area is 146 Å². The Hall–Kier alpha value is -2.63. The monoisotopic (exact) mass is 345 g/mol. The number of aryl methyl sites for hydroxylation is 1. The largest absolute Gasteiger partial charge is 0.368 e. The van der Waals surface area contributed by atoms with Gasteiger partial charge in [-0.2, -0.15) is 0 Å². The second kappa shape index (κ2) is 7.51. The highest BCUT2D eigenvalue weighted by Gasteiger charge is 2.21. The number of benzene rings is 2. The van der Waals surface area contributed by atoms with Crippen molar-refractivity contribution in [1.82, 2.24) is 10.2 Å². The molecule has 1 N–H and O–H groups in total. The fraction of sp³-hybridized carbons (Fsp3) is 0.316. The number of amides is 2. The van der Waals surface area contributed by atoms with Crippen molar-refractivity contribution in [3.8, 4) is 0 Å². The molecule has 0 aliphatic carbocycles. The molecule has 0 bridgehead atoms. The van der Waals surface area contributed by atoms with Crippen LogP contribution in [0.4, 0.5) is 19.3 Å². The van der Waals surface area contributed by atoms with Crippen LogP contribution in [0.5, 0.6) is 0 Å². The molecular formula is C19H21F2N3O. The molecule has 1 saturated heterocycles. The lowest BCUT2D eigenvalue weighted by Gasteiger charge is -2.36. The first-order valence-corrected chi connectivity index (χ1v) is 8.31. The second-order valence-electron chi connectivity index (χ2n) is 6.19. The number of hydrogen-bond donors (Lipinski definition) is 1. The van der Waals surface area contributed by atoms with Gasteiger partial charge in [0.15, 0.2) is 0 Å². The third-order valence-corrected chi connectivity index (χ3v) is 4.44. The number of nitrogens with one attached hydrogen (secondary N) is 1. The molecule has 1 fully saturated rings. The van der Waals surface area contributed by atoms with Gasteiger partial charge >= 0.3 is 6.03 Å². The van der Waals surface area contributed by atoms with Crippen LogP contribution in [0.2, 0.25) is 0 Å². The number of piperazine rings is 1. The third kappa shape index (κ3) is 4.26. The van der Waals surface area contributed by atoms with Crippen LogP contribution in [0, 0.1) is 18.6 Å². The minimum atomic E-state index is -0.264. The van der Waals surface area contributed by atoms with E-state index < -0.39 is 0 Å². The number of rotatable bonds is 3. The zero-order chi connectivity index (χ0) is 17.8. The van der Waals surface area contributed by atoms with Gasteiger partial charge in [-0.25, -0.2) is 13.6 Å². The first-order chi connectivity index (χ1) is 12.0. The Bertz CT molecular complexity index is 741. The third-order valence-electron chi connectivity index (χ3n) is 4.44. The Morgan fingerprint density at radius 2 is 1.72 bits per heavy atom. The van der Waals surface area contributed by atoms with E-state index in [0.29, 0.717) is 38.3 Å². The molecule has 0 aromatic heterocycles. The second-order valence-corrected chi connectivity index (χ2v) is 6.19. The molecule has 132 valence electrons. The first-order valence-electron chi connectivity index (χ1n) is 8.31. The number of carbonyl (C=O) groups is 1. The van der Waals surface area contributed by atoms with Gasteiger partial charge in [-0.15, -0.1) is 0 Å².